The third-order valence-corrected chi connectivity index (χ3v) is 4.35. The van der Waals surface area contributed by atoms with Crippen molar-refractivity contribution in [2.24, 2.45) is 0 Å². The third-order valence-electron chi connectivity index (χ3n) is 4.35. The minimum absolute atomic E-state index is 0.293. The van der Waals surface area contributed by atoms with Gasteiger partial charge in [0, 0.05) is 12.7 Å². The molecule has 0 aliphatic carbocycles. The van der Waals surface area contributed by atoms with Crippen molar-refractivity contribution < 1.29 is 14.4 Å². The van der Waals surface area contributed by atoms with Crippen LogP contribution in [0.5, 0.6) is 0 Å². The summed E-state index contributed by atoms with van der Waals surface area (Å²) < 4.78 is 0. The summed E-state index contributed by atoms with van der Waals surface area (Å²) >= 11 is 0. The Morgan fingerprint density at radius 3 is 2.11 bits per heavy atom. The molecule has 7 heteroatoms. The van der Waals surface area contributed by atoms with E-state index in [2.05, 4.69) is 15.6 Å². The number of pyridine rings is 1. The van der Waals surface area contributed by atoms with Crippen molar-refractivity contribution in [3.05, 3.63) is 89.6 Å². The van der Waals surface area contributed by atoms with Gasteiger partial charge in [-0.2, -0.15) is 0 Å². The molecule has 0 saturated heterocycles. The summed E-state index contributed by atoms with van der Waals surface area (Å²) in [4.78, 5) is 42.1. The highest BCUT2D eigenvalue weighted by Crippen LogP contribution is 2.28. The van der Waals surface area contributed by atoms with E-state index in [-0.39, 0.29) is 17.8 Å². The summed E-state index contributed by atoms with van der Waals surface area (Å²) in [6.07, 6.45) is 1.59. The summed E-state index contributed by atoms with van der Waals surface area (Å²) in [5.41, 5.74) is 2.14. The van der Waals surface area contributed by atoms with Gasteiger partial charge >= 0.3 is 6.03 Å². The van der Waals surface area contributed by atoms with Gasteiger partial charge in [0.1, 0.15) is 5.82 Å². The Labute approximate surface area is 161 Å². The lowest BCUT2D eigenvalue weighted by Crippen LogP contribution is -2.29. The van der Waals surface area contributed by atoms with E-state index in [0.29, 0.717) is 29.2 Å². The van der Waals surface area contributed by atoms with Gasteiger partial charge in [-0.15, -0.1) is 0 Å². The van der Waals surface area contributed by atoms with Gasteiger partial charge in [-0.05, 0) is 42.0 Å². The quantitative estimate of drug-likeness (QED) is 0.688. The molecule has 4 rings (SSSR count). The number of hydrogen-bond donors (Lipinski definition) is 2. The van der Waals surface area contributed by atoms with Gasteiger partial charge in [-0.3, -0.25) is 14.9 Å². The maximum Gasteiger partial charge on any atom is 0.320 e. The summed E-state index contributed by atoms with van der Waals surface area (Å²) in [5, 5.41) is 5.36. The van der Waals surface area contributed by atoms with Crippen LogP contribution in [-0.4, -0.2) is 22.8 Å². The highest BCUT2D eigenvalue weighted by atomic mass is 16.2. The largest absolute Gasteiger partial charge is 0.334 e. The number of carbonyl (C=O) groups is 3. The van der Waals surface area contributed by atoms with E-state index >= 15 is 0 Å². The van der Waals surface area contributed by atoms with Gasteiger partial charge in [-0.25, -0.2) is 14.7 Å². The fourth-order valence-corrected chi connectivity index (χ4v) is 2.97. The standard InChI is InChI=1S/C21H16N4O3/c26-19-16-5-1-2-6-17(16)20(27)25(19)15-10-8-14(9-11-15)13-23-21(28)24-18-7-3-4-12-22-18/h1-12H,13H2,(H2,22,23,24,28). The second-order valence-electron chi connectivity index (χ2n) is 6.18. The molecule has 28 heavy (non-hydrogen) atoms. The Hall–Kier alpha value is -4.00. The van der Waals surface area contributed by atoms with Crippen LogP contribution in [0.15, 0.2) is 72.9 Å². The number of nitrogens with zero attached hydrogens (tertiary/aromatic N) is 2. The summed E-state index contributed by atoms with van der Waals surface area (Å²) in [6.45, 7) is 0.293. The lowest BCUT2D eigenvalue weighted by Gasteiger charge is -2.14. The third kappa shape index (κ3) is 3.33. The maximum absolute atomic E-state index is 12.5. The van der Waals surface area contributed by atoms with E-state index in [4.69, 9.17) is 0 Å². The van der Waals surface area contributed by atoms with Gasteiger partial charge < -0.3 is 5.32 Å². The normalized spacial score (nSPS) is 12.6. The van der Waals surface area contributed by atoms with Crippen LogP contribution in [0.4, 0.5) is 16.3 Å². The first kappa shape index (κ1) is 17.4. The van der Waals surface area contributed by atoms with Crippen LogP contribution in [0.1, 0.15) is 26.3 Å². The van der Waals surface area contributed by atoms with Gasteiger partial charge in [-0.1, -0.05) is 30.3 Å². The minimum atomic E-state index is -0.372. The Morgan fingerprint density at radius 1 is 0.857 bits per heavy atom. The number of aromatic nitrogens is 1. The fraction of sp³-hybridized carbons (Fsp3) is 0.0476. The molecule has 0 spiro atoms. The molecule has 138 valence electrons. The van der Waals surface area contributed by atoms with Gasteiger partial charge in [0.2, 0.25) is 0 Å². The van der Waals surface area contributed by atoms with Crippen molar-refractivity contribution in [1.82, 2.24) is 10.3 Å². The predicted molar refractivity (Wildman–Crippen MR) is 104 cm³/mol. The van der Waals surface area contributed by atoms with Crippen molar-refractivity contribution in [2.75, 3.05) is 10.2 Å². The molecular weight excluding hydrogens is 356 g/mol. The number of amides is 4. The molecular formula is C21H16N4O3. The van der Waals surface area contributed by atoms with E-state index in [1.54, 1.807) is 72.9 Å². The molecule has 0 atom stereocenters. The number of anilines is 2. The zero-order valence-electron chi connectivity index (χ0n) is 14.8. The van der Waals surface area contributed by atoms with Crippen LogP contribution >= 0.6 is 0 Å². The molecule has 1 aromatic heterocycles. The number of benzene rings is 2. The zero-order valence-corrected chi connectivity index (χ0v) is 14.8. The Morgan fingerprint density at radius 2 is 1.50 bits per heavy atom. The van der Waals surface area contributed by atoms with Crippen LogP contribution in [-0.2, 0) is 6.54 Å². The Balaban J connectivity index is 1.40. The minimum Gasteiger partial charge on any atom is -0.334 e. The van der Waals surface area contributed by atoms with Crippen LogP contribution in [0, 0.1) is 0 Å². The fourth-order valence-electron chi connectivity index (χ4n) is 2.97. The number of fused-ring (bicyclic) bond motifs is 1. The first-order valence-corrected chi connectivity index (χ1v) is 8.66. The molecule has 0 fully saturated rings. The number of nitrogens with one attached hydrogen (secondary N) is 2. The Kier molecular flexibility index (Phi) is 4.55. The van der Waals surface area contributed by atoms with Crippen molar-refractivity contribution in [3.63, 3.8) is 0 Å². The average Bonchev–Trinajstić information content (AvgIpc) is 2.98. The van der Waals surface area contributed by atoms with E-state index < -0.39 is 0 Å². The van der Waals surface area contributed by atoms with Crippen molar-refractivity contribution in [2.45, 2.75) is 6.54 Å². The maximum atomic E-state index is 12.5. The molecule has 1 aliphatic rings. The number of urea groups is 1. The Bertz CT molecular complexity index is 1010. The number of hydrogen-bond acceptors (Lipinski definition) is 4. The number of rotatable bonds is 4. The number of carbonyl (C=O) groups excluding carboxylic acids is 3. The van der Waals surface area contributed by atoms with Crippen LogP contribution in [0.3, 0.4) is 0 Å². The summed E-state index contributed by atoms with van der Waals surface area (Å²) in [7, 11) is 0. The molecule has 7 nitrogen and oxygen atoms in total. The topological polar surface area (TPSA) is 91.4 Å². The lowest BCUT2D eigenvalue weighted by atomic mass is 10.1. The SMILES string of the molecule is O=C(NCc1ccc(N2C(=O)c3ccccc3C2=O)cc1)Nc1ccccn1. The molecule has 0 saturated carbocycles. The molecule has 2 aromatic carbocycles. The van der Waals surface area contributed by atoms with E-state index in [0.717, 1.165) is 10.5 Å². The highest BCUT2D eigenvalue weighted by Gasteiger charge is 2.36. The highest BCUT2D eigenvalue weighted by molar-refractivity contribution is 6.34. The second-order valence-corrected chi connectivity index (χ2v) is 6.18. The number of imide groups is 1. The zero-order chi connectivity index (χ0) is 19.5. The molecule has 0 unspecified atom stereocenters. The van der Waals surface area contributed by atoms with Crippen LogP contribution in [0.25, 0.3) is 0 Å². The molecule has 0 bridgehead atoms. The average molecular weight is 372 g/mol. The predicted octanol–water partition coefficient (Wildman–Crippen LogP) is 3.20. The smallest absolute Gasteiger partial charge is 0.320 e. The molecule has 2 heterocycles. The van der Waals surface area contributed by atoms with Crippen molar-refractivity contribution >= 4 is 29.4 Å². The summed E-state index contributed by atoms with van der Waals surface area (Å²) in [5.74, 6) is -0.205. The van der Waals surface area contributed by atoms with Crippen LogP contribution < -0.4 is 15.5 Å². The monoisotopic (exact) mass is 372 g/mol. The molecule has 2 N–H and O–H groups in total. The van der Waals surface area contributed by atoms with Gasteiger partial charge in [0.25, 0.3) is 11.8 Å². The lowest BCUT2D eigenvalue weighted by molar-refractivity contribution is 0.0926. The second kappa shape index (κ2) is 7.32. The first-order chi connectivity index (χ1) is 13.6. The molecule has 0 radical (unpaired) electrons. The molecule has 4 amide bonds. The molecule has 3 aromatic rings. The van der Waals surface area contributed by atoms with Gasteiger partial charge in [0.15, 0.2) is 0 Å². The van der Waals surface area contributed by atoms with E-state index in [1.165, 1.54) is 0 Å². The van der Waals surface area contributed by atoms with Crippen molar-refractivity contribution in [3.8, 4) is 0 Å². The van der Waals surface area contributed by atoms with Gasteiger partial charge in [0.05, 0.1) is 16.8 Å². The first-order valence-electron chi connectivity index (χ1n) is 8.66. The summed E-state index contributed by atoms with van der Waals surface area (Å²) in [6, 6.07) is 18.5. The van der Waals surface area contributed by atoms with Crippen molar-refractivity contribution in [1.29, 1.82) is 0 Å². The van der Waals surface area contributed by atoms with E-state index in [1.807, 2.05) is 0 Å². The van der Waals surface area contributed by atoms with Crippen LogP contribution in [0.2, 0.25) is 0 Å². The molecule has 1 aliphatic heterocycles. The van der Waals surface area contributed by atoms with E-state index in [9.17, 15) is 14.4 Å².